The van der Waals surface area contributed by atoms with Crippen LogP contribution in [-0.2, 0) is 5.38 Å². The third-order valence-electron chi connectivity index (χ3n) is 3.38. The van der Waals surface area contributed by atoms with E-state index in [-0.39, 0.29) is 11.9 Å². The molecule has 0 aliphatic rings. The Morgan fingerprint density at radius 2 is 1.96 bits per heavy atom. The highest BCUT2D eigenvalue weighted by Gasteiger charge is 2.35. The van der Waals surface area contributed by atoms with Crippen molar-refractivity contribution in [3.63, 3.8) is 0 Å². The van der Waals surface area contributed by atoms with E-state index in [2.05, 4.69) is 34.9 Å². The molecular weight excluding hydrogens is 354 g/mol. The maximum absolute atomic E-state index is 12.9. The molecule has 7 nitrogen and oxygen atoms in total. The minimum absolute atomic E-state index is 0.0736. The van der Waals surface area contributed by atoms with Gasteiger partial charge in [0, 0.05) is 18.6 Å². The van der Waals surface area contributed by atoms with E-state index in [0.717, 1.165) is 11.3 Å². The van der Waals surface area contributed by atoms with Crippen molar-refractivity contribution in [3.8, 4) is 11.4 Å². The van der Waals surface area contributed by atoms with E-state index in [1.807, 2.05) is 26.0 Å². The molecule has 0 aliphatic carbocycles. The van der Waals surface area contributed by atoms with Gasteiger partial charge >= 0.3 is 11.3 Å². The van der Waals surface area contributed by atoms with Crippen LogP contribution in [0.2, 0.25) is 0 Å². The van der Waals surface area contributed by atoms with Gasteiger partial charge in [-0.15, -0.1) is 0 Å². The van der Waals surface area contributed by atoms with E-state index < -0.39 is 11.3 Å². The van der Waals surface area contributed by atoms with Gasteiger partial charge in [0.05, 0.1) is 17.3 Å². The van der Waals surface area contributed by atoms with Gasteiger partial charge in [0.15, 0.2) is 0 Å². The first-order valence-corrected chi connectivity index (χ1v) is 7.64. The zero-order valence-corrected chi connectivity index (χ0v) is 14.0. The van der Waals surface area contributed by atoms with Crippen LogP contribution in [0.3, 0.4) is 0 Å². The quantitative estimate of drug-likeness (QED) is 0.688. The van der Waals surface area contributed by atoms with Gasteiger partial charge in [-0.25, -0.2) is 9.97 Å². The molecule has 1 atom stereocenters. The van der Waals surface area contributed by atoms with Gasteiger partial charge in [-0.1, -0.05) is 11.2 Å². The maximum Gasteiger partial charge on any atom is 0.400 e. The van der Waals surface area contributed by atoms with Crippen LogP contribution in [0.5, 0.6) is 0 Å². The summed E-state index contributed by atoms with van der Waals surface area (Å²) in [5, 5.41) is 2.84. The molecule has 0 aromatic carbocycles. The van der Waals surface area contributed by atoms with Crippen molar-refractivity contribution >= 4 is 17.5 Å². The van der Waals surface area contributed by atoms with Crippen LogP contribution in [0, 0.1) is 6.92 Å². The fraction of sp³-hybridized carbons (Fsp3) is 0.267. The molecule has 0 saturated heterocycles. The van der Waals surface area contributed by atoms with Crippen LogP contribution in [0.1, 0.15) is 30.1 Å². The molecule has 3 heterocycles. The number of halogens is 3. The first-order valence-electron chi connectivity index (χ1n) is 7.26. The van der Waals surface area contributed by atoms with Crippen LogP contribution in [-0.4, -0.2) is 25.1 Å². The van der Waals surface area contributed by atoms with Gasteiger partial charge in [-0.05, 0) is 37.1 Å². The summed E-state index contributed by atoms with van der Waals surface area (Å²) in [4.78, 5) is 16.1. The number of pyridine rings is 1. The number of aromatic nitrogens is 5. The van der Waals surface area contributed by atoms with Gasteiger partial charge in [-0.3, -0.25) is 4.98 Å². The Labute approximate surface area is 146 Å². The van der Waals surface area contributed by atoms with Crippen molar-refractivity contribution in [2.75, 3.05) is 5.32 Å². The van der Waals surface area contributed by atoms with Crippen LogP contribution in [0.25, 0.3) is 11.4 Å². The molecule has 10 heteroatoms. The molecule has 0 spiro atoms. The number of alkyl halides is 3. The molecule has 3 aromatic rings. The lowest BCUT2D eigenvalue weighted by Gasteiger charge is -2.15. The van der Waals surface area contributed by atoms with Crippen molar-refractivity contribution < 1.29 is 13.3 Å². The fourth-order valence-electron chi connectivity index (χ4n) is 2.19. The molecule has 1 N–H and O–H groups in total. The van der Waals surface area contributed by atoms with E-state index in [9.17, 15) is 8.78 Å². The Morgan fingerprint density at radius 1 is 1.24 bits per heavy atom. The van der Waals surface area contributed by atoms with Crippen molar-refractivity contribution in [2.24, 2.45) is 0 Å². The lowest BCUT2D eigenvalue weighted by Crippen LogP contribution is -2.12. The molecular formula is C15H13ClF2N6O. The summed E-state index contributed by atoms with van der Waals surface area (Å²) in [5.41, 5.74) is 2.24. The third-order valence-corrected chi connectivity index (χ3v) is 3.55. The maximum atomic E-state index is 12.9. The largest absolute Gasteiger partial charge is 0.400 e. The molecule has 0 fully saturated rings. The summed E-state index contributed by atoms with van der Waals surface area (Å²) < 4.78 is 30.2. The topological polar surface area (TPSA) is 89.6 Å². The van der Waals surface area contributed by atoms with Crippen LogP contribution >= 0.6 is 11.6 Å². The number of anilines is 1. The lowest BCUT2D eigenvalue weighted by atomic mass is 10.1. The first-order chi connectivity index (χ1) is 11.8. The summed E-state index contributed by atoms with van der Waals surface area (Å²) >= 11 is 4.84. The SMILES string of the molecule is Cc1cccnc1C(C)Nc1ncc(-c2noc(C(F)(F)Cl)n2)cn1. The Hall–Kier alpha value is -2.68. The summed E-state index contributed by atoms with van der Waals surface area (Å²) in [6, 6.07) is 3.71. The Kier molecular flexibility index (Phi) is 4.58. The fourth-order valence-corrected chi connectivity index (χ4v) is 2.26. The monoisotopic (exact) mass is 366 g/mol. The van der Waals surface area contributed by atoms with Crippen molar-refractivity contribution in [2.45, 2.75) is 25.3 Å². The minimum atomic E-state index is -3.72. The number of hydrogen-bond acceptors (Lipinski definition) is 7. The second-order valence-corrected chi connectivity index (χ2v) is 5.76. The number of nitrogens with zero attached hydrogens (tertiary/aromatic N) is 5. The van der Waals surface area contributed by atoms with Crippen LogP contribution in [0.4, 0.5) is 14.7 Å². The van der Waals surface area contributed by atoms with E-state index in [1.165, 1.54) is 12.4 Å². The summed E-state index contributed by atoms with van der Waals surface area (Å²) in [6.45, 7) is 3.89. The normalized spacial score (nSPS) is 12.8. The van der Waals surface area contributed by atoms with Crippen LogP contribution in [0.15, 0.2) is 35.2 Å². The Bertz CT molecular complexity index is 865. The highest BCUT2D eigenvalue weighted by molar-refractivity contribution is 6.21. The lowest BCUT2D eigenvalue weighted by molar-refractivity contribution is 0.0551. The van der Waals surface area contributed by atoms with E-state index >= 15 is 0 Å². The number of rotatable bonds is 5. The van der Waals surface area contributed by atoms with E-state index in [4.69, 9.17) is 11.6 Å². The Balaban J connectivity index is 1.74. The van der Waals surface area contributed by atoms with Crippen LogP contribution < -0.4 is 5.32 Å². The van der Waals surface area contributed by atoms with E-state index in [0.29, 0.717) is 11.5 Å². The summed E-state index contributed by atoms with van der Waals surface area (Å²) in [5.74, 6) is -0.700. The minimum Gasteiger partial charge on any atom is -0.346 e. The smallest absolute Gasteiger partial charge is 0.346 e. The second-order valence-electron chi connectivity index (χ2n) is 5.29. The summed E-state index contributed by atoms with van der Waals surface area (Å²) in [7, 11) is 0. The van der Waals surface area contributed by atoms with Gasteiger partial charge in [0.2, 0.25) is 11.8 Å². The molecule has 0 saturated carbocycles. The molecule has 130 valence electrons. The van der Waals surface area contributed by atoms with Crippen molar-refractivity contribution in [3.05, 3.63) is 47.9 Å². The number of aryl methyl sites for hydroxylation is 1. The third kappa shape index (κ3) is 3.87. The predicted molar refractivity (Wildman–Crippen MR) is 86.1 cm³/mol. The summed E-state index contributed by atoms with van der Waals surface area (Å²) in [6.07, 6.45) is 4.51. The highest BCUT2D eigenvalue weighted by Crippen LogP contribution is 2.32. The predicted octanol–water partition coefficient (Wildman–Crippen LogP) is 3.69. The molecule has 3 aromatic heterocycles. The zero-order valence-electron chi connectivity index (χ0n) is 13.2. The van der Waals surface area contributed by atoms with Gasteiger partial charge in [-0.2, -0.15) is 13.8 Å². The average molecular weight is 367 g/mol. The zero-order chi connectivity index (χ0) is 18.0. The molecule has 0 radical (unpaired) electrons. The molecule has 3 rings (SSSR count). The van der Waals surface area contributed by atoms with Crippen molar-refractivity contribution in [1.29, 1.82) is 0 Å². The highest BCUT2D eigenvalue weighted by atomic mass is 35.5. The van der Waals surface area contributed by atoms with Gasteiger partial charge < -0.3 is 9.84 Å². The number of hydrogen-bond donors (Lipinski definition) is 1. The molecule has 0 aliphatic heterocycles. The molecule has 0 amide bonds. The van der Waals surface area contributed by atoms with Gasteiger partial charge in [0.25, 0.3) is 0 Å². The van der Waals surface area contributed by atoms with Crippen molar-refractivity contribution in [1.82, 2.24) is 25.1 Å². The molecule has 0 bridgehead atoms. The second kappa shape index (κ2) is 6.67. The first kappa shape index (κ1) is 17.2. The van der Waals surface area contributed by atoms with Gasteiger partial charge in [0.1, 0.15) is 0 Å². The molecule has 1 unspecified atom stereocenters. The number of nitrogens with one attached hydrogen (secondary N) is 1. The molecule has 25 heavy (non-hydrogen) atoms. The Morgan fingerprint density at radius 3 is 2.56 bits per heavy atom. The standard InChI is InChI=1S/C15H13ClF2N6O/c1-8-4-3-5-19-11(8)9(2)22-14-20-6-10(7-21-14)12-23-13(25-24-12)15(16,17)18/h3-7,9H,1-2H3,(H,20,21,22). The average Bonchev–Trinajstić information content (AvgIpc) is 3.06. The van der Waals surface area contributed by atoms with E-state index in [1.54, 1.807) is 6.20 Å².